The Bertz CT molecular complexity index is 454. The van der Waals surface area contributed by atoms with Gasteiger partial charge in [0.2, 0.25) is 5.91 Å². The molecule has 0 radical (unpaired) electrons. The molecule has 1 aromatic carbocycles. The lowest BCUT2D eigenvalue weighted by molar-refractivity contribution is -0.117. The zero-order valence-electron chi connectivity index (χ0n) is 8.92. The number of nitrogens with two attached hydrogens (primary N) is 1. The number of carbonyl (C=O) groups is 1. The van der Waals surface area contributed by atoms with Crippen molar-refractivity contribution in [3.8, 4) is 0 Å². The third kappa shape index (κ3) is 2.51. The Labute approximate surface area is 96.0 Å². The van der Waals surface area contributed by atoms with Crippen molar-refractivity contribution in [2.45, 2.75) is 12.3 Å². The maximum atomic E-state index is 13.6. The lowest BCUT2D eigenvalue weighted by Gasteiger charge is -2.40. The lowest BCUT2D eigenvalue weighted by atomic mass is 10.1. The average Bonchev–Trinajstić information content (AvgIpc) is 2.13. The standard InChI is InChI=1S/C11H11F3N2O/c12-8-3-7(4-10(15)17)1-2-9(8)16-5-11(13,14)6-16/h1-3H,4-6H2,(H2,15,17). The van der Waals surface area contributed by atoms with E-state index in [9.17, 15) is 18.0 Å². The van der Waals surface area contributed by atoms with Crippen LogP contribution in [-0.4, -0.2) is 24.9 Å². The van der Waals surface area contributed by atoms with Crippen LogP contribution in [0.3, 0.4) is 0 Å². The van der Waals surface area contributed by atoms with Gasteiger partial charge in [-0.05, 0) is 17.7 Å². The first-order valence-corrected chi connectivity index (χ1v) is 5.07. The van der Waals surface area contributed by atoms with Crippen molar-refractivity contribution < 1.29 is 18.0 Å². The summed E-state index contributed by atoms with van der Waals surface area (Å²) in [6.07, 6.45) is -0.0621. The van der Waals surface area contributed by atoms with Crippen molar-refractivity contribution >= 4 is 11.6 Å². The summed E-state index contributed by atoms with van der Waals surface area (Å²) < 4.78 is 38.8. The summed E-state index contributed by atoms with van der Waals surface area (Å²) in [6, 6.07) is 4.05. The number of hydrogen-bond donors (Lipinski definition) is 1. The van der Waals surface area contributed by atoms with Crippen molar-refractivity contribution in [2.24, 2.45) is 5.73 Å². The Kier molecular flexibility index (Phi) is 2.73. The summed E-state index contributed by atoms with van der Waals surface area (Å²) in [7, 11) is 0. The van der Waals surface area contributed by atoms with Crippen LogP contribution >= 0.6 is 0 Å². The van der Waals surface area contributed by atoms with Crippen LogP contribution in [0.4, 0.5) is 18.9 Å². The first-order valence-electron chi connectivity index (χ1n) is 5.07. The number of primary amides is 1. The number of hydrogen-bond acceptors (Lipinski definition) is 2. The third-order valence-electron chi connectivity index (χ3n) is 2.58. The van der Waals surface area contributed by atoms with Crippen molar-refractivity contribution in [2.75, 3.05) is 18.0 Å². The molecule has 0 aliphatic carbocycles. The van der Waals surface area contributed by atoms with Gasteiger partial charge in [-0.15, -0.1) is 0 Å². The number of carbonyl (C=O) groups excluding carboxylic acids is 1. The fourth-order valence-corrected chi connectivity index (χ4v) is 1.80. The number of benzene rings is 1. The number of rotatable bonds is 3. The second-order valence-corrected chi connectivity index (χ2v) is 4.14. The van der Waals surface area contributed by atoms with Crippen LogP contribution in [-0.2, 0) is 11.2 Å². The minimum absolute atomic E-state index is 0.0621. The van der Waals surface area contributed by atoms with Gasteiger partial charge in [-0.2, -0.15) is 0 Å². The molecule has 1 aliphatic heterocycles. The van der Waals surface area contributed by atoms with Crippen molar-refractivity contribution in [3.05, 3.63) is 29.6 Å². The van der Waals surface area contributed by atoms with Crippen LogP contribution < -0.4 is 10.6 Å². The largest absolute Gasteiger partial charge is 0.369 e. The molecule has 92 valence electrons. The van der Waals surface area contributed by atoms with Gasteiger partial charge in [0.05, 0.1) is 25.2 Å². The van der Waals surface area contributed by atoms with Crippen molar-refractivity contribution in [1.82, 2.24) is 0 Å². The Balaban J connectivity index is 2.13. The molecule has 3 nitrogen and oxygen atoms in total. The van der Waals surface area contributed by atoms with Gasteiger partial charge in [-0.3, -0.25) is 4.79 Å². The van der Waals surface area contributed by atoms with Gasteiger partial charge in [0.15, 0.2) is 0 Å². The molecule has 0 saturated carbocycles. The number of halogens is 3. The molecule has 2 N–H and O–H groups in total. The fraction of sp³-hybridized carbons (Fsp3) is 0.364. The molecule has 6 heteroatoms. The molecular weight excluding hydrogens is 233 g/mol. The Morgan fingerprint density at radius 2 is 2.06 bits per heavy atom. The van der Waals surface area contributed by atoms with Gasteiger partial charge in [-0.1, -0.05) is 6.07 Å². The smallest absolute Gasteiger partial charge is 0.282 e. The van der Waals surface area contributed by atoms with Crippen LogP contribution in [0.25, 0.3) is 0 Å². The van der Waals surface area contributed by atoms with Crippen molar-refractivity contribution in [3.63, 3.8) is 0 Å². The second-order valence-electron chi connectivity index (χ2n) is 4.14. The van der Waals surface area contributed by atoms with E-state index in [1.165, 1.54) is 17.0 Å². The molecule has 0 atom stereocenters. The Morgan fingerprint density at radius 1 is 1.41 bits per heavy atom. The Hall–Kier alpha value is -1.72. The summed E-state index contributed by atoms with van der Waals surface area (Å²) in [6.45, 7) is -0.946. The summed E-state index contributed by atoms with van der Waals surface area (Å²) in [4.78, 5) is 11.9. The van der Waals surface area contributed by atoms with E-state index in [-0.39, 0.29) is 12.1 Å². The fourth-order valence-electron chi connectivity index (χ4n) is 1.80. The molecule has 0 bridgehead atoms. The maximum Gasteiger partial charge on any atom is 0.282 e. The Morgan fingerprint density at radius 3 is 2.53 bits per heavy atom. The predicted molar refractivity (Wildman–Crippen MR) is 56.5 cm³/mol. The zero-order chi connectivity index (χ0) is 12.6. The summed E-state index contributed by atoms with van der Waals surface area (Å²) in [5.74, 6) is -3.91. The normalized spacial score (nSPS) is 17.7. The number of amides is 1. The molecular formula is C11H11F3N2O. The summed E-state index contributed by atoms with van der Waals surface area (Å²) >= 11 is 0. The van der Waals surface area contributed by atoms with E-state index in [4.69, 9.17) is 5.73 Å². The highest BCUT2D eigenvalue weighted by molar-refractivity contribution is 5.76. The maximum absolute atomic E-state index is 13.6. The van der Waals surface area contributed by atoms with E-state index in [1.54, 1.807) is 0 Å². The van der Waals surface area contributed by atoms with Crippen LogP contribution in [0, 0.1) is 5.82 Å². The van der Waals surface area contributed by atoms with Crippen LogP contribution in [0.2, 0.25) is 0 Å². The van der Waals surface area contributed by atoms with Gasteiger partial charge in [0, 0.05) is 0 Å². The highest BCUT2D eigenvalue weighted by atomic mass is 19.3. The molecule has 2 rings (SSSR count). The van der Waals surface area contributed by atoms with Gasteiger partial charge in [0.1, 0.15) is 5.82 Å². The van der Waals surface area contributed by atoms with Gasteiger partial charge in [0.25, 0.3) is 5.92 Å². The van der Waals surface area contributed by atoms with E-state index in [1.807, 2.05) is 0 Å². The predicted octanol–water partition coefficient (Wildman–Crippen LogP) is 1.31. The topological polar surface area (TPSA) is 46.3 Å². The SMILES string of the molecule is NC(=O)Cc1ccc(N2CC(F)(F)C2)c(F)c1. The minimum Gasteiger partial charge on any atom is -0.369 e. The average molecular weight is 244 g/mol. The van der Waals surface area contributed by atoms with E-state index in [2.05, 4.69) is 0 Å². The van der Waals surface area contributed by atoms with Crippen molar-refractivity contribution in [1.29, 1.82) is 0 Å². The molecule has 0 unspecified atom stereocenters. The molecule has 1 heterocycles. The highest BCUT2D eigenvalue weighted by Crippen LogP contribution is 2.33. The number of anilines is 1. The lowest BCUT2D eigenvalue weighted by Crippen LogP contribution is -2.56. The molecule has 1 amide bonds. The van der Waals surface area contributed by atoms with E-state index >= 15 is 0 Å². The first-order chi connectivity index (χ1) is 7.87. The monoisotopic (exact) mass is 244 g/mol. The molecule has 1 aliphatic rings. The number of nitrogens with zero attached hydrogens (tertiary/aromatic N) is 1. The van der Waals surface area contributed by atoms with Gasteiger partial charge in [-0.25, -0.2) is 13.2 Å². The molecule has 0 aromatic heterocycles. The number of alkyl halides is 2. The zero-order valence-corrected chi connectivity index (χ0v) is 8.92. The van der Waals surface area contributed by atoms with E-state index < -0.39 is 30.7 Å². The molecule has 1 saturated heterocycles. The van der Waals surface area contributed by atoms with Gasteiger partial charge >= 0.3 is 0 Å². The van der Waals surface area contributed by atoms with Crippen LogP contribution in [0.5, 0.6) is 0 Å². The third-order valence-corrected chi connectivity index (χ3v) is 2.58. The van der Waals surface area contributed by atoms with E-state index in [0.29, 0.717) is 5.56 Å². The molecule has 1 fully saturated rings. The first kappa shape index (κ1) is 11.8. The summed E-state index contributed by atoms with van der Waals surface area (Å²) in [5, 5.41) is 0. The molecule has 1 aromatic rings. The quantitative estimate of drug-likeness (QED) is 0.871. The van der Waals surface area contributed by atoms with E-state index in [0.717, 1.165) is 6.07 Å². The molecule has 17 heavy (non-hydrogen) atoms. The minimum atomic E-state index is -2.74. The molecule has 0 spiro atoms. The van der Waals surface area contributed by atoms with Gasteiger partial charge < -0.3 is 10.6 Å². The van der Waals surface area contributed by atoms with Crippen LogP contribution in [0.15, 0.2) is 18.2 Å². The van der Waals surface area contributed by atoms with Crippen LogP contribution in [0.1, 0.15) is 5.56 Å². The summed E-state index contributed by atoms with van der Waals surface area (Å²) in [5.41, 5.74) is 5.54. The second kappa shape index (κ2) is 3.94. The highest BCUT2D eigenvalue weighted by Gasteiger charge is 2.44.